The Balaban J connectivity index is 1.51. The van der Waals surface area contributed by atoms with E-state index in [1.54, 1.807) is 38.5 Å². The summed E-state index contributed by atoms with van der Waals surface area (Å²) in [6, 6.07) is 0. The first-order chi connectivity index (χ1) is 5.90. The minimum Gasteiger partial charge on any atom is -0.0522 e. The van der Waals surface area contributed by atoms with Crippen LogP contribution in [0, 0.1) is 34.5 Å². The van der Waals surface area contributed by atoms with Crippen molar-refractivity contribution in [2.24, 2.45) is 34.5 Å². The zero-order valence-electron chi connectivity index (χ0n) is 7.55. The molecule has 5 aliphatic rings. The second-order valence-corrected chi connectivity index (χ2v) is 6.28. The van der Waals surface area contributed by atoms with E-state index in [1.165, 1.54) is 23.7 Å². The van der Waals surface area contributed by atoms with Gasteiger partial charge in [0.2, 0.25) is 0 Å². The van der Waals surface area contributed by atoms with Crippen molar-refractivity contribution in [3.05, 3.63) is 0 Å². The zero-order valence-corrected chi connectivity index (χ0v) is 7.55. The Hall–Kier alpha value is 0. The SMILES string of the molecule is C1CC2(C1)C1C2C2C1C21CCC1. The van der Waals surface area contributed by atoms with Crippen molar-refractivity contribution in [1.29, 1.82) is 0 Å². The van der Waals surface area contributed by atoms with Gasteiger partial charge in [0.05, 0.1) is 0 Å². The quantitative estimate of drug-likeness (QED) is 0.511. The monoisotopic (exact) mass is 160 g/mol. The fourth-order valence-corrected chi connectivity index (χ4v) is 5.80. The first kappa shape index (κ1) is 5.67. The molecule has 0 aromatic carbocycles. The van der Waals surface area contributed by atoms with Gasteiger partial charge >= 0.3 is 0 Å². The van der Waals surface area contributed by atoms with Gasteiger partial charge in [-0.2, -0.15) is 0 Å². The van der Waals surface area contributed by atoms with Crippen LogP contribution in [-0.4, -0.2) is 0 Å². The molecule has 0 amide bonds. The lowest BCUT2D eigenvalue weighted by Crippen LogP contribution is -2.22. The van der Waals surface area contributed by atoms with Gasteiger partial charge in [-0.15, -0.1) is 0 Å². The Labute approximate surface area is 73.7 Å². The highest BCUT2D eigenvalue weighted by Gasteiger charge is 2.94. The van der Waals surface area contributed by atoms with E-state index in [0.717, 1.165) is 10.8 Å². The molecular formula is C12H16. The van der Waals surface area contributed by atoms with Crippen LogP contribution in [0.5, 0.6) is 0 Å². The summed E-state index contributed by atoms with van der Waals surface area (Å²) >= 11 is 0. The average Bonchev–Trinajstić information content (AvgIpc) is 2.56. The maximum Gasteiger partial charge on any atom is -0.0229 e. The van der Waals surface area contributed by atoms with Gasteiger partial charge in [0.25, 0.3) is 0 Å². The van der Waals surface area contributed by atoms with Crippen molar-refractivity contribution in [3.63, 3.8) is 0 Å². The van der Waals surface area contributed by atoms with Gasteiger partial charge < -0.3 is 0 Å². The molecule has 0 aromatic heterocycles. The molecule has 0 atom stereocenters. The zero-order chi connectivity index (χ0) is 7.55. The van der Waals surface area contributed by atoms with Crippen molar-refractivity contribution < 1.29 is 0 Å². The molecule has 64 valence electrons. The average molecular weight is 160 g/mol. The summed E-state index contributed by atoms with van der Waals surface area (Å²) < 4.78 is 0. The maximum absolute atomic E-state index is 1.63. The van der Waals surface area contributed by atoms with Crippen LogP contribution in [-0.2, 0) is 0 Å². The fourth-order valence-electron chi connectivity index (χ4n) is 5.80. The number of fused-ring (bicyclic) bond motifs is 8. The fraction of sp³-hybridized carbons (Fsp3) is 1.00. The number of hydrogen-bond acceptors (Lipinski definition) is 0. The van der Waals surface area contributed by atoms with Crippen LogP contribution in [0.15, 0.2) is 0 Å². The van der Waals surface area contributed by atoms with Crippen LogP contribution in [0.2, 0.25) is 0 Å². The summed E-state index contributed by atoms with van der Waals surface area (Å²) in [5.41, 5.74) is 2.02. The van der Waals surface area contributed by atoms with E-state index in [1.807, 2.05) is 0 Å². The van der Waals surface area contributed by atoms with Gasteiger partial charge in [-0.1, -0.05) is 12.8 Å². The number of hydrogen-bond donors (Lipinski definition) is 0. The molecule has 0 unspecified atom stereocenters. The van der Waals surface area contributed by atoms with Crippen molar-refractivity contribution in [2.45, 2.75) is 38.5 Å². The normalized spacial score (nSPS) is 64.0. The predicted octanol–water partition coefficient (Wildman–Crippen LogP) is 2.83. The van der Waals surface area contributed by atoms with E-state index >= 15 is 0 Å². The first-order valence-corrected chi connectivity index (χ1v) is 5.90. The summed E-state index contributed by atoms with van der Waals surface area (Å²) in [4.78, 5) is 0. The second-order valence-electron chi connectivity index (χ2n) is 6.28. The molecule has 0 saturated heterocycles. The third-order valence-corrected chi connectivity index (χ3v) is 6.55. The minimum atomic E-state index is 1.01. The highest BCUT2D eigenvalue weighted by Crippen LogP contribution is 2.99. The van der Waals surface area contributed by atoms with E-state index in [2.05, 4.69) is 0 Å². The van der Waals surface area contributed by atoms with Gasteiger partial charge in [-0.05, 0) is 60.2 Å². The van der Waals surface area contributed by atoms with Crippen LogP contribution in [0.4, 0.5) is 0 Å². The van der Waals surface area contributed by atoms with Gasteiger partial charge in [0.15, 0.2) is 0 Å². The molecule has 0 nitrogen and oxygen atoms in total. The number of rotatable bonds is 0. The molecular weight excluding hydrogens is 144 g/mol. The largest absolute Gasteiger partial charge is 0.0522 e. The lowest BCUT2D eigenvalue weighted by Gasteiger charge is -2.32. The van der Waals surface area contributed by atoms with E-state index < -0.39 is 0 Å². The van der Waals surface area contributed by atoms with Gasteiger partial charge in [0.1, 0.15) is 0 Å². The van der Waals surface area contributed by atoms with Crippen LogP contribution >= 0.6 is 0 Å². The predicted molar refractivity (Wildman–Crippen MR) is 46.5 cm³/mol. The smallest absolute Gasteiger partial charge is 0.0229 e. The molecule has 0 bridgehead atoms. The summed E-state index contributed by atoms with van der Waals surface area (Å²) in [6.07, 6.45) is 9.66. The van der Waals surface area contributed by atoms with Crippen molar-refractivity contribution in [3.8, 4) is 0 Å². The molecule has 0 heterocycles. The van der Waals surface area contributed by atoms with Crippen LogP contribution in [0.25, 0.3) is 0 Å². The third-order valence-electron chi connectivity index (χ3n) is 6.55. The van der Waals surface area contributed by atoms with E-state index in [-0.39, 0.29) is 0 Å². The van der Waals surface area contributed by atoms with Crippen LogP contribution < -0.4 is 0 Å². The molecule has 5 saturated carbocycles. The Morgan fingerprint density at radius 2 is 0.917 bits per heavy atom. The Morgan fingerprint density at radius 1 is 0.583 bits per heavy atom. The molecule has 2 spiro atoms. The Morgan fingerprint density at radius 3 is 1.08 bits per heavy atom. The maximum atomic E-state index is 1.63. The lowest BCUT2D eigenvalue weighted by molar-refractivity contribution is 0.180. The van der Waals surface area contributed by atoms with E-state index in [0.29, 0.717) is 0 Å². The second kappa shape index (κ2) is 1.22. The molecule has 0 aliphatic heterocycles. The van der Waals surface area contributed by atoms with E-state index in [4.69, 9.17) is 0 Å². The van der Waals surface area contributed by atoms with Gasteiger partial charge in [-0.25, -0.2) is 0 Å². The van der Waals surface area contributed by atoms with Gasteiger partial charge in [-0.3, -0.25) is 0 Å². The highest BCUT2D eigenvalue weighted by molar-refractivity contribution is 5.41. The highest BCUT2D eigenvalue weighted by atomic mass is 15.0. The Bertz CT molecular complexity index is 224. The molecule has 0 heteroatoms. The molecule has 12 heavy (non-hydrogen) atoms. The standard InChI is InChI=1S/C12H16/c1-3-11(4-1)7-8(11)10-9(7)12(10)5-2-6-12/h7-10H,1-6H2. The molecule has 5 aliphatic carbocycles. The van der Waals surface area contributed by atoms with Crippen molar-refractivity contribution >= 4 is 0 Å². The molecule has 5 fully saturated rings. The molecule has 0 aromatic rings. The Kier molecular flexibility index (Phi) is 0.578. The van der Waals surface area contributed by atoms with Crippen LogP contribution in [0.1, 0.15) is 38.5 Å². The summed E-state index contributed by atoms with van der Waals surface area (Å²) in [6.45, 7) is 0. The summed E-state index contributed by atoms with van der Waals surface area (Å²) in [5.74, 6) is 5.15. The molecule has 0 N–H and O–H groups in total. The van der Waals surface area contributed by atoms with Crippen LogP contribution in [0.3, 0.4) is 0 Å². The van der Waals surface area contributed by atoms with Crippen molar-refractivity contribution in [1.82, 2.24) is 0 Å². The summed E-state index contributed by atoms with van der Waals surface area (Å²) in [5, 5.41) is 0. The summed E-state index contributed by atoms with van der Waals surface area (Å²) in [7, 11) is 0. The van der Waals surface area contributed by atoms with Gasteiger partial charge in [0, 0.05) is 0 Å². The molecule has 5 rings (SSSR count). The lowest BCUT2D eigenvalue weighted by atomic mass is 9.72. The minimum absolute atomic E-state index is 1.01. The molecule has 0 radical (unpaired) electrons. The van der Waals surface area contributed by atoms with Crippen molar-refractivity contribution in [2.75, 3.05) is 0 Å². The van der Waals surface area contributed by atoms with E-state index in [9.17, 15) is 0 Å². The first-order valence-electron chi connectivity index (χ1n) is 5.90. The topological polar surface area (TPSA) is 0 Å². The third kappa shape index (κ3) is 0.300.